The topological polar surface area (TPSA) is 68.1 Å². The maximum absolute atomic E-state index is 9.92. The van der Waals surface area contributed by atoms with Crippen molar-refractivity contribution in [2.75, 3.05) is 26.8 Å². The van der Waals surface area contributed by atoms with Gasteiger partial charge >= 0.3 is 0 Å². The molecule has 0 fully saturated rings. The van der Waals surface area contributed by atoms with E-state index in [1.165, 1.54) is 7.11 Å². The van der Waals surface area contributed by atoms with E-state index in [-0.39, 0.29) is 13.1 Å². The zero-order chi connectivity index (χ0) is 8.74. The minimum absolute atomic E-state index is 0.0621. The van der Waals surface area contributed by atoms with E-state index in [0.29, 0.717) is 6.61 Å². The molecule has 5 nitrogen and oxygen atoms in total. The van der Waals surface area contributed by atoms with Crippen LogP contribution in [-0.4, -0.2) is 26.8 Å². The molecule has 0 rings (SSSR count). The van der Waals surface area contributed by atoms with Gasteiger partial charge in [-0.05, 0) is 0 Å². The summed E-state index contributed by atoms with van der Waals surface area (Å²) in [5, 5.41) is 5.43. The molecule has 0 saturated carbocycles. The third-order valence-corrected chi connectivity index (χ3v) is 1.39. The van der Waals surface area contributed by atoms with Crippen LogP contribution in [0.15, 0.2) is 10.4 Å². The van der Waals surface area contributed by atoms with Crippen LogP contribution in [0.1, 0.15) is 6.92 Å². The largest absolute Gasteiger partial charge is 0.384 e. The number of rotatable bonds is 6. The van der Waals surface area contributed by atoms with Gasteiger partial charge in [0.2, 0.25) is 0 Å². The van der Waals surface area contributed by atoms with Crippen LogP contribution in [0.5, 0.6) is 0 Å². The Morgan fingerprint density at radius 2 is 1.73 bits per heavy atom. The average Bonchev–Trinajstić information content (AvgIpc) is 1.88. The van der Waals surface area contributed by atoms with Gasteiger partial charge < -0.3 is 4.74 Å². The minimum Gasteiger partial charge on any atom is -0.384 e. The monoisotopic (exact) mass is 160 g/mol. The molecule has 0 aliphatic heterocycles. The molecule has 0 aliphatic rings. The summed E-state index contributed by atoms with van der Waals surface area (Å²) in [6, 6.07) is 0. The maximum Gasteiger partial charge on any atom is 0.0905 e. The summed E-state index contributed by atoms with van der Waals surface area (Å²) in [4.78, 5) is 19.8. The van der Waals surface area contributed by atoms with Gasteiger partial charge in [0.1, 0.15) is 0 Å². The Kier molecular flexibility index (Phi) is 4.52. The van der Waals surface area contributed by atoms with Gasteiger partial charge in [-0.3, -0.25) is 0 Å². The van der Waals surface area contributed by atoms with Crippen molar-refractivity contribution in [3.8, 4) is 0 Å². The fraction of sp³-hybridized carbons (Fsp3) is 1.00. The van der Waals surface area contributed by atoms with Gasteiger partial charge in [0.15, 0.2) is 0 Å². The summed E-state index contributed by atoms with van der Waals surface area (Å²) in [6.07, 6.45) is 0. The Labute approximate surface area is 65.1 Å². The van der Waals surface area contributed by atoms with E-state index >= 15 is 0 Å². The fourth-order valence-electron chi connectivity index (χ4n) is 0.801. The highest BCUT2D eigenvalue weighted by Crippen LogP contribution is 2.17. The van der Waals surface area contributed by atoms with E-state index < -0.39 is 5.41 Å². The number of hydrogen-bond donors (Lipinski definition) is 0. The second-order valence-electron chi connectivity index (χ2n) is 2.82. The van der Waals surface area contributed by atoms with E-state index in [0.717, 1.165) is 0 Å². The van der Waals surface area contributed by atoms with Crippen molar-refractivity contribution >= 4 is 0 Å². The minimum atomic E-state index is -0.530. The molecule has 0 saturated heterocycles. The van der Waals surface area contributed by atoms with Crippen molar-refractivity contribution in [2.45, 2.75) is 6.92 Å². The lowest BCUT2D eigenvalue weighted by molar-refractivity contribution is 0.103. The number of nitroso groups, excluding NO2 is 2. The number of ether oxygens (including phenoxy) is 1. The zero-order valence-electron chi connectivity index (χ0n) is 6.74. The quantitative estimate of drug-likeness (QED) is 0.547. The van der Waals surface area contributed by atoms with Gasteiger partial charge in [-0.1, -0.05) is 17.3 Å². The summed E-state index contributed by atoms with van der Waals surface area (Å²) >= 11 is 0. The molecule has 0 spiro atoms. The summed E-state index contributed by atoms with van der Waals surface area (Å²) in [6.45, 7) is 2.18. The smallest absolute Gasteiger partial charge is 0.0905 e. The van der Waals surface area contributed by atoms with Gasteiger partial charge in [0.05, 0.1) is 19.7 Å². The molecular formula is C6H12N2O3. The van der Waals surface area contributed by atoms with Gasteiger partial charge in [-0.15, -0.1) is 0 Å². The lowest BCUT2D eigenvalue weighted by atomic mass is 9.92. The summed E-state index contributed by atoms with van der Waals surface area (Å²) < 4.78 is 4.81. The third kappa shape index (κ3) is 3.77. The van der Waals surface area contributed by atoms with Crippen molar-refractivity contribution in [2.24, 2.45) is 15.8 Å². The van der Waals surface area contributed by atoms with Gasteiger partial charge in [-0.2, -0.15) is 9.81 Å². The normalized spacial score (nSPS) is 11.1. The number of methoxy groups -OCH3 is 1. The molecule has 5 heteroatoms. The second-order valence-corrected chi connectivity index (χ2v) is 2.82. The molecule has 0 bridgehead atoms. The van der Waals surface area contributed by atoms with Crippen LogP contribution in [0.25, 0.3) is 0 Å². The Balaban J connectivity index is 3.98. The zero-order valence-corrected chi connectivity index (χ0v) is 6.74. The molecular weight excluding hydrogens is 148 g/mol. The van der Waals surface area contributed by atoms with Crippen molar-refractivity contribution in [1.29, 1.82) is 0 Å². The van der Waals surface area contributed by atoms with E-state index in [1.54, 1.807) is 6.92 Å². The van der Waals surface area contributed by atoms with Crippen LogP contribution in [0, 0.1) is 15.2 Å². The highest BCUT2D eigenvalue weighted by Gasteiger charge is 2.25. The molecule has 0 amide bonds. The summed E-state index contributed by atoms with van der Waals surface area (Å²) in [5.41, 5.74) is -0.530. The van der Waals surface area contributed by atoms with Crippen molar-refractivity contribution < 1.29 is 4.74 Å². The average molecular weight is 160 g/mol. The molecule has 0 aromatic carbocycles. The van der Waals surface area contributed by atoms with E-state index in [9.17, 15) is 9.81 Å². The van der Waals surface area contributed by atoms with E-state index in [2.05, 4.69) is 10.4 Å². The summed E-state index contributed by atoms with van der Waals surface area (Å²) in [7, 11) is 1.51. The molecule has 0 radical (unpaired) electrons. The molecule has 0 atom stereocenters. The maximum atomic E-state index is 9.92. The lowest BCUT2D eigenvalue weighted by Gasteiger charge is -2.21. The first-order valence-electron chi connectivity index (χ1n) is 3.26. The van der Waals surface area contributed by atoms with E-state index in [1.807, 2.05) is 0 Å². The van der Waals surface area contributed by atoms with Crippen LogP contribution in [0.4, 0.5) is 0 Å². The van der Waals surface area contributed by atoms with Gasteiger partial charge in [0, 0.05) is 12.5 Å². The Bertz CT molecular complexity index is 128. The Morgan fingerprint density at radius 3 is 2.00 bits per heavy atom. The Morgan fingerprint density at radius 1 is 1.27 bits per heavy atom. The van der Waals surface area contributed by atoms with Crippen LogP contribution < -0.4 is 0 Å². The highest BCUT2D eigenvalue weighted by molar-refractivity contribution is 4.78. The molecule has 0 unspecified atom stereocenters. The first-order chi connectivity index (χ1) is 5.18. The van der Waals surface area contributed by atoms with Crippen LogP contribution in [-0.2, 0) is 4.74 Å². The predicted molar refractivity (Wildman–Crippen MR) is 41.3 cm³/mol. The molecule has 0 aromatic heterocycles. The Hall–Kier alpha value is -0.840. The number of nitrogens with zero attached hydrogens (tertiary/aromatic N) is 2. The van der Waals surface area contributed by atoms with Crippen LogP contribution in [0.2, 0.25) is 0 Å². The molecule has 11 heavy (non-hydrogen) atoms. The SMILES string of the molecule is COCC(C)(CN=O)CN=O. The van der Waals surface area contributed by atoms with Crippen LogP contribution in [0.3, 0.4) is 0 Å². The molecule has 0 N–H and O–H groups in total. The lowest BCUT2D eigenvalue weighted by Crippen LogP contribution is -2.29. The predicted octanol–water partition coefficient (Wildman–Crippen LogP) is 1.17. The first-order valence-corrected chi connectivity index (χ1v) is 3.26. The third-order valence-electron chi connectivity index (χ3n) is 1.39. The van der Waals surface area contributed by atoms with Crippen molar-refractivity contribution in [1.82, 2.24) is 0 Å². The summed E-state index contributed by atoms with van der Waals surface area (Å²) in [5.74, 6) is 0. The van der Waals surface area contributed by atoms with Crippen LogP contribution >= 0.6 is 0 Å². The van der Waals surface area contributed by atoms with Gasteiger partial charge in [0.25, 0.3) is 0 Å². The molecule has 64 valence electrons. The second kappa shape index (κ2) is 4.90. The van der Waals surface area contributed by atoms with Gasteiger partial charge in [-0.25, -0.2) is 0 Å². The number of hydrogen-bond acceptors (Lipinski definition) is 5. The highest BCUT2D eigenvalue weighted by atomic mass is 16.5. The van der Waals surface area contributed by atoms with Crippen molar-refractivity contribution in [3.05, 3.63) is 9.81 Å². The first kappa shape index (κ1) is 10.2. The molecule has 0 heterocycles. The molecule has 0 aliphatic carbocycles. The fourth-order valence-corrected chi connectivity index (χ4v) is 0.801. The molecule has 0 aromatic rings. The van der Waals surface area contributed by atoms with E-state index in [4.69, 9.17) is 4.74 Å². The van der Waals surface area contributed by atoms with Crippen molar-refractivity contribution in [3.63, 3.8) is 0 Å². The standard InChI is InChI=1S/C6H12N2O3/c1-6(3-7-9,4-8-10)5-11-2/h3-5H2,1-2H3.